The second-order valence-corrected chi connectivity index (χ2v) is 6.02. The molecule has 22 heavy (non-hydrogen) atoms. The lowest BCUT2D eigenvalue weighted by Crippen LogP contribution is -2.39. The van der Waals surface area contributed by atoms with E-state index in [1.807, 2.05) is 13.8 Å². The van der Waals surface area contributed by atoms with Crippen LogP contribution in [0.5, 0.6) is 5.75 Å². The van der Waals surface area contributed by atoms with Crippen LogP contribution in [0.25, 0.3) is 0 Å². The van der Waals surface area contributed by atoms with Crippen LogP contribution in [0.1, 0.15) is 26.7 Å². The van der Waals surface area contributed by atoms with Crippen LogP contribution in [0.4, 0.5) is 4.39 Å². The van der Waals surface area contributed by atoms with E-state index in [9.17, 15) is 9.18 Å². The number of carbonyl (C=O) groups excluding carboxylic acids is 1. The molecule has 1 rings (SSSR count). The highest BCUT2D eigenvalue weighted by Gasteiger charge is 2.20. The van der Waals surface area contributed by atoms with Gasteiger partial charge in [0.25, 0.3) is 0 Å². The molecule has 0 saturated heterocycles. The van der Waals surface area contributed by atoms with E-state index in [-0.39, 0.29) is 29.5 Å². The average molecular weight is 333 g/mol. The number of nitrogens with zero attached hydrogens (tertiary/aromatic N) is 1. The second-order valence-electron chi connectivity index (χ2n) is 6.02. The number of halogens is 2. The lowest BCUT2D eigenvalue weighted by Gasteiger charge is -2.29. The van der Waals surface area contributed by atoms with Crippen molar-refractivity contribution in [3.63, 3.8) is 0 Å². The summed E-state index contributed by atoms with van der Waals surface area (Å²) in [7, 11) is 1.79. The maximum atomic E-state index is 12.7. The summed E-state index contributed by atoms with van der Waals surface area (Å²) in [6.07, 6.45) is 1.06. The molecule has 126 valence electrons. The van der Waals surface area contributed by atoms with Gasteiger partial charge in [0.15, 0.2) is 0 Å². The highest BCUT2D eigenvalue weighted by Crippen LogP contribution is 2.15. The lowest BCUT2D eigenvalue weighted by atomic mass is 9.93. The Morgan fingerprint density at radius 1 is 1.32 bits per heavy atom. The van der Waals surface area contributed by atoms with Crippen molar-refractivity contribution >= 4 is 18.3 Å². The van der Waals surface area contributed by atoms with Crippen molar-refractivity contribution in [3.05, 3.63) is 30.1 Å². The van der Waals surface area contributed by atoms with Crippen LogP contribution in [0.2, 0.25) is 0 Å². The van der Waals surface area contributed by atoms with Gasteiger partial charge < -0.3 is 15.4 Å². The summed E-state index contributed by atoms with van der Waals surface area (Å²) >= 11 is 0. The highest BCUT2D eigenvalue weighted by atomic mass is 35.5. The van der Waals surface area contributed by atoms with Gasteiger partial charge in [-0.05, 0) is 42.6 Å². The fraction of sp³-hybridized carbons (Fsp3) is 0.562. The summed E-state index contributed by atoms with van der Waals surface area (Å²) in [5, 5.41) is 0. The standard InChI is InChI=1S/C16H25FN2O2.ClH/c1-16(2,11-18)12-19(3)15(20)5-4-10-21-14-8-6-13(17)7-9-14;/h6-9H,4-5,10-12,18H2,1-3H3;1H. The van der Waals surface area contributed by atoms with E-state index in [0.29, 0.717) is 38.3 Å². The first kappa shape index (κ1) is 20.7. The van der Waals surface area contributed by atoms with Crippen LogP contribution in [-0.4, -0.2) is 37.6 Å². The van der Waals surface area contributed by atoms with E-state index in [1.165, 1.54) is 12.1 Å². The van der Waals surface area contributed by atoms with Gasteiger partial charge in [0.05, 0.1) is 6.61 Å². The minimum Gasteiger partial charge on any atom is -0.494 e. The summed E-state index contributed by atoms with van der Waals surface area (Å²) in [4.78, 5) is 13.7. The van der Waals surface area contributed by atoms with Gasteiger partial charge in [-0.3, -0.25) is 4.79 Å². The third-order valence-corrected chi connectivity index (χ3v) is 3.26. The number of carbonyl (C=O) groups is 1. The molecular formula is C16H26ClFN2O2. The van der Waals surface area contributed by atoms with Gasteiger partial charge in [0.1, 0.15) is 11.6 Å². The third kappa shape index (κ3) is 7.61. The number of hydrogen-bond donors (Lipinski definition) is 1. The smallest absolute Gasteiger partial charge is 0.222 e. The van der Waals surface area contributed by atoms with Crippen molar-refractivity contribution < 1.29 is 13.9 Å². The number of nitrogens with two attached hydrogens (primary N) is 1. The number of benzene rings is 1. The Kier molecular flexibility index (Phi) is 9.06. The molecule has 0 radical (unpaired) electrons. The maximum absolute atomic E-state index is 12.7. The van der Waals surface area contributed by atoms with Crippen molar-refractivity contribution in [2.24, 2.45) is 11.1 Å². The molecule has 4 nitrogen and oxygen atoms in total. The van der Waals surface area contributed by atoms with Gasteiger partial charge >= 0.3 is 0 Å². The van der Waals surface area contributed by atoms with E-state index < -0.39 is 0 Å². The molecule has 0 spiro atoms. The van der Waals surface area contributed by atoms with Gasteiger partial charge in [-0.25, -0.2) is 4.39 Å². The molecule has 0 aliphatic rings. The van der Waals surface area contributed by atoms with Crippen LogP contribution < -0.4 is 10.5 Å². The van der Waals surface area contributed by atoms with E-state index in [2.05, 4.69) is 0 Å². The zero-order valence-electron chi connectivity index (χ0n) is 13.5. The first-order valence-corrected chi connectivity index (χ1v) is 7.16. The molecule has 0 fully saturated rings. The Morgan fingerprint density at radius 3 is 2.45 bits per heavy atom. The van der Waals surface area contributed by atoms with E-state index >= 15 is 0 Å². The quantitative estimate of drug-likeness (QED) is 0.745. The van der Waals surface area contributed by atoms with Crippen molar-refractivity contribution in [3.8, 4) is 5.75 Å². The Labute approximate surface area is 138 Å². The normalized spacial score (nSPS) is 10.8. The molecule has 0 atom stereocenters. The van der Waals surface area contributed by atoms with Crippen LogP contribution in [0.3, 0.4) is 0 Å². The van der Waals surface area contributed by atoms with Crippen molar-refractivity contribution in [1.29, 1.82) is 0 Å². The molecule has 0 unspecified atom stereocenters. The van der Waals surface area contributed by atoms with Gasteiger partial charge in [-0.2, -0.15) is 0 Å². The Morgan fingerprint density at radius 2 is 1.91 bits per heavy atom. The molecule has 0 aliphatic heterocycles. The molecule has 0 aromatic heterocycles. The van der Waals surface area contributed by atoms with E-state index in [4.69, 9.17) is 10.5 Å². The predicted octanol–water partition coefficient (Wildman–Crippen LogP) is 2.85. The average Bonchev–Trinajstić information content (AvgIpc) is 2.44. The van der Waals surface area contributed by atoms with E-state index in [1.54, 1.807) is 24.1 Å². The van der Waals surface area contributed by atoms with Crippen LogP contribution in [0, 0.1) is 11.2 Å². The number of hydrogen-bond acceptors (Lipinski definition) is 3. The fourth-order valence-corrected chi connectivity index (χ4v) is 1.93. The lowest BCUT2D eigenvalue weighted by molar-refractivity contribution is -0.131. The SMILES string of the molecule is CN(CC(C)(C)CN)C(=O)CCCOc1ccc(F)cc1.Cl. The summed E-state index contributed by atoms with van der Waals surface area (Å²) in [6.45, 7) is 5.69. The van der Waals surface area contributed by atoms with E-state index in [0.717, 1.165) is 0 Å². The summed E-state index contributed by atoms with van der Waals surface area (Å²) in [6, 6.07) is 5.85. The molecule has 6 heteroatoms. The summed E-state index contributed by atoms with van der Waals surface area (Å²) in [5.41, 5.74) is 5.59. The maximum Gasteiger partial charge on any atom is 0.222 e. The first-order chi connectivity index (χ1) is 9.84. The van der Waals surface area contributed by atoms with Crippen molar-refractivity contribution in [2.75, 3.05) is 26.7 Å². The van der Waals surface area contributed by atoms with Gasteiger partial charge in [0, 0.05) is 20.0 Å². The molecule has 0 aliphatic carbocycles. The van der Waals surface area contributed by atoms with Crippen LogP contribution in [0.15, 0.2) is 24.3 Å². The molecule has 1 aromatic rings. The molecular weight excluding hydrogens is 307 g/mol. The molecule has 0 saturated carbocycles. The van der Waals surface area contributed by atoms with Crippen molar-refractivity contribution in [2.45, 2.75) is 26.7 Å². The summed E-state index contributed by atoms with van der Waals surface area (Å²) in [5.74, 6) is 0.405. The minimum absolute atomic E-state index is 0. The van der Waals surface area contributed by atoms with Gasteiger partial charge in [0.2, 0.25) is 5.91 Å². The van der Waals surface area contributed by atoms with Gasteiger partial charge in [-0.15, -0.1) is 12.4 Å². The Hall–Kier alpha value is -1.33. The number of rotatable bonds is 8. The minimum atomic E-state index is -0.290. The van der Waals surface area contributed by atoms with Crippen molar-refractivity contribution in [1.82, 2.24) is 4.90 Å². The predicted molar refractivity (Wildman–Crippen MR) is 88.8 cm³/mol. The highest BCUT2D eigenvalue weighted by molar-refractivity contribution is 5.85. The Balaban J connectivity index is 0.00000441. The summed E-state index contributed by atoms with van der Waals surface area (Å²) < 4.78 is 18.2. The second kappa shape index (κ2) is 9.64. The zero-order chi connectivity index (χ0) is 15.9. The number of amides is 1. The fourth-order valence-electron chi connectivity index (χ4n) is 1.93. The van der Waals surface area contributed by atoms with Gasteiger partial charge in [-0.1, -0.05) is 13.8 Å². The number of ether oxygens (including phenoxy) is 1. The molecule has 0 bridgehead atoms. The molecule has 1 amide bonds. The van der Waals surface area contributed by atoms with Crippen LogP contribution >= 0.6 is 12.4 Å². The third-order valence-electron chi connectivity index (χ3n) is 3.26. The molecule has 1 aromatic carbocycles. The zero-order valence-corrected chi connectivity index (χ0v) is 14.3. The Bertz CT molecular complexity index is 452. The topological polar surface area (TPSA) is 55.6 Å². The first-order valence-electron chi connectivity index (χ1n) is 7.16. The van der Waals surface area contributed by atoms with Crippen LogP contribution in [-0.2, 0) is 4.79 Å². The monoisotopic (exact) mass is 332 g/mol. The largest absolute Gasteiger partial charge is 0.494 e. The molecule has 2 N–H and O–H groups in total. The molecule has 0 heterocycles.